The topological polar surface area (TPSA) is 11.0 Å². The van der Waals surface area contributed by atoms with E-state index in [9.17, 15) is 0 Å². The molecule has 4 aromatic rings. The van der Waals surface area contributed by atoms with E-state index in [1.165, 1.54) is 26.7 Å². The number of rotatable bonds is 9. The van der Waals surface area contributed by atoms with Crippen molar-refractivity contribution in [1.82, 2.24) is 0 Å². The van der Waals surface area contributed by atoms with Gasteiger partial charge < -0.3 is 4.90 Å². The van der Waals surface area contributed by atoms with Gasteiger partial charge in [-0.2, -0.15) is 4.57 Å². The zero-order valence-electron chi connectivity index (χ0n) is 18.6. The summed E-state index contributed by atoms with van der Waals surface area (Å²) < 4.78 is 5.74. The van der Waals surface area contributed by atoms with Crippen molar-refractivity contribution in [2.75, 3.05) is 24.2 Å². The smallest absolute Gasteiger partial charge is 0.297 e. The number of nitrogens with zero attached hydrogens (tertiary/aromatic N) is 3. The molecule has 0 spiro atoms. The van der Waals surface area contributed by atoms with Crippen LogP contribution in [0.1, 0.15) is 16.7 Å². The molecule has 0 aliphatic carbocycles. The Morgan fingerprint density at radius 1 is 0.875 bits per heavy atom. The van der Waals surface area contributed by atoms with E-state index in [1.54, 1.807) is 11.3 Å². The zero-order chi connectivity index (χ0) is 22.2. The molecule has 162 valence electrons. The Bertz CT molecular complexity index is 1130. The van der Waals surface area contributed by atoms with Gasteiger partial charge in [-0.25, -0.2) is 4.57 Å². The van der Waals surface area contributed by atoms with Crippen molar-refractivity contribution in [3.05, 3.63) is 107 Å². The highest BCUT2D eigenvalue weighted by Gasteiger charge is 2.09. The first-order valence-electron chi connectivity index (χ1n) is 10.8. The summed E-state index contributed by atoms with van der Waals surface area (Å²) in [6.07, 6.45) is 10.7. The second-order valence-corrected chi connectivity index (χ2v) is 10.0. The predicted molar refractivity (Wildman–Crippen MR) is 137 cm³/mol. The van der Waals surface area contributed by atoms with Gasteiger partial charge in [-0.05, 0) is 35.0 Å². The van der Waals surface area contributed by atoms with Crippen LogP contribution in [0.2, 0.25) is 0 Å². The van der Waals surface area contributed by atoms with Crippen LogP contribution < -0.4 is 14.0 Å². The van der Waals surface area contributed by atoms with E-state index in [-0.39, 0.29) is 0 Å². The summed E-state index contributed by atoms with van der Waals surface area (Å²) in [4.78, 5) is 2.32. The molecule has 0 radical (unpaired) electrons. The van der Waals surface area contributed by atoms with Gasteiger partial charge in [0.2, 0.25) is 0 Å². The van der Waals surface area contributed by atoms with Crippen molar-refractivity contribution in [3.8, 4) is 0 Å². The molecule has 5 heteroatoms. The van der Waals surface area contributed by atoms with E-state index < -0.39 is 0 Å². The summed E-state index contributed by atoms with van der Waals surface area (Å²) in [5, 5.41) is 2.14. The van der Waals surface area contributed by atoms with Gasteiger partial charge in [0.25, 0.3) is 4.34 Å². The van der Waals surface area contributed by atoms with E-state index >= 15 is 0 Å². The second kappa shape index (κ2) is 11.1. The van der Waals surface area contributed by atoms with Crippen molar-refractivity contribution in [1.29, 1.82) is 0 Å². The fraction of sp³-hybridized carbons (Fsp3) is 0.185. The van der Waals surface area contributed by atoms with E-state index in [0.717, 1.165) is 18.8 Å². The molecule has 0 N–H and O–H groups in total. The number of aryl methyl sites for hydroxylation is 1. The molecule has 3 nitrogen and oxygen atoms in total. The van der Waals surface area contributed by atoms with Crippen LogP contribution >= 0.6 is 23.1 Å². The first-order valence-corrected chi connectivity index (χ1v) is 12.6. The van der Waals surface area contributed by atoms with Crippen LogP contribution in [0.4, 0.5) is 5.69 Å². The molecule has 0 amide bonds. The number of hydrogen-bond acceptors (Lipinski definition) is 3. The monoisotopic (exact) mass is 459 g/mol. The number of thiazole rings is 1. The molecule has 0 saturated heterocycles. The molecule has 0 bridgehead atoms. The van der Waals surface area contributed by atoms with Crippen LogP contribution in [-0.2, 0) is 13.6 Å². The first-order chi connectivity index (χ1) is 15.7. The first kappa shape index (κ1) is 22.3. The summed E-state index contributed by atoms with van der Waals surface area (Å²) in [6, 6.07) is 23.6. The van der Waals surface area contributed by atoms with Crippen molar-refractivity contribution >= 4 is 40.9 Å². The molecule has 2 aromatic heterocycles. The maximum Gasteiger partial charge on any atom is 0.297 e. The quantitative estimate of drug-likeness (QED) is 0.248. The average molecular weight is 460 g/mol. The lowest BCUT2D eigenvalue weighted by Crippen LogP contribution is -2.32. The summed E-state index contributed by atoms with van der Waals surface area (Å²) >= 11 is 3.72. The van der Waals surface area contributed by atoms with Crippen LogP contribution in [0, 0.1) is 0 Å². The largest absolute Gasteiger partial charge is 0.374 e. The minimum atomic E-state index is 0.893. The fourth-order valence-corrected chi connectivity index (χ4v) is 5.45. The van der Waals surface area contributed by atoms with Crippen molar-refractivity contribution in [2.24, 2.45) is 7.05 Å². The molecular formula is C27H29N3S2+2. The minimum absolute atomic E-state index is 0.893. The lowest BCUT2D eigenvalue weighted by molar-refractivity contribution is -0.702. The van der Waals surface area contributed by atoms with E-state index in [1.807, 2.05) is 11.8 Å². The summed E-state index contributed by atoms with van der Waals surface area (Å²) in [5.74, 6) is 1.07. The SMILES string of the molecule is CN(CCSc1scc[n+]1C)c1ccc(/C=C/c2cc[n+](Cc3ccccc3)cc2)cc1. The number of aromatic nitrogens is 2. The Hall–Kier alpha value is -2.89. The maximum absolute atomic E-state index is 2.32. The third-order valence-corrected chi connectivity index (χ3v) is 7.63. The Morgan fingerprint density at radius 3 is 2.22 bits per heavy atom. The predicted octanol–water partition coefficient (Wildman–Crippen LogP) is 5.31. The van der Waals surface area contributed by atoms with E-state index in [0.29, 0.717) is 0 Å². The highest BCUT2D eigenvalue weighted by molar-refractivity contribution is 8.00. The van der Waals surface area contributed by atoms with Gasteiger partial charge in [-0.1, -0.05) is 66.0 Å². The second-order valence-electron chi connectivity index (χ2n) is 7.76. The minimum Gasteiger partial charge on any atom is -0.374 e. The Labute approximate surface area is 199 Å². The van der Waals surface area contributed by atoms with Gasteiger partial charge in [0, 0.05) is 42.7 Å². The molecule has 4 rings (SSSR count). The van der Waals surface area contributed by atoms with Gasteiger partial charge >= 0.3 is 0 Å². The van der Waals surface area contributed by atoms with Gasteiger partial charge in [0.15, 0.2) is 25.1 Å². The molecule has 2 heterocycles. The molecule has 0 saturated carbocycles. The number of pyridine rings is 1. The van der Waals surface area contributed by atoms with E-state index in [2.05, 4.69) is 131 Å². The van der Waals surface area contributed by atoms with Crippen LogP contribution in [-0.4, -0.2) is 19.3 Å². The standard InChI is InChI=1S/C27H29N3S2/c1-28(18-20-31-27-29(2)19-21-32-27)26-12-10-23(11-13-26)8-9-24-14-16-30(17-15-24)22-25-6-4-3-5-7-25/h3-17,19,21H,18,20,22H2,1-2H3/q+2. The number of thioether (sulfide) groups is 1. The van der Waals surface area contributed by atoms with Gasteiger partial charge in [0.1, 0.15) is 7.05 Å². The van der Waals surface area contributed by atoms with Gasteiger partial charge in [-0.3, -0.25) is 0 Å². The van der Waals surface area contributed by atoms with Crippen LogP contribution in [0.15, 0.2) is 95.0 Å². The van der Waals surface area contributed by atoms with Gasteiger partial charge in [-0.15, -0.1) is 0 Å². The van der Waals surface area contributed by atoms with Crippen LogP contribution in [0.5, 0.6) is 0 Å². The molecule has 32 heavy (non-hydrogen) atoms. The number of anilines is 1. The third-order valence-electron chi connectivity index (χ3n) is 5.32. The van der Waals surface area contributed by atoms with Crippen LogP contribution in [0.25, 0.3) is 12.2 Å². The summed E-state index contributed by atoms with van der Waals surface area (Å²) in [6.45, 7) is 1.91. The lowest BCUT2D eigenvalue weighted by atomic mass is 10.1. The molecule has 0 unspecified atom stereocenters. The Kier molecular flexibility index (Phi) is 7.75. The van der Waals surface area contributed by atoms with Crippen molar-refractivity contribution in [2.45, 2.75) is 10.9 Å². The highest BCUT2D eigenvalue weighted by atomic mass is 32.2. The Morgan fingerprint density at radius 2 is 1.56 bits per heavy atom. The third kappa shape index (κ3) is 6.31. The molecule has 0 aliphatic heterocycles. The maximum atomic E-state index is 2.32. The van der Waals surface area contributed by atoms with Crippen LogP contribution in [0.3, 0.4) is 0 Å². The summed E-state index contributed by atoms with van der Waals surface area (Å²) in [7, 11) is 4.27. The lowest BCUT2D eigenvalue weighted by Gasteiger charge is -2.18. The molecule has 0 fully saturated rings. The van der Waals surface area contributed by atoms with Crippen molar-refractivity contribution < 1.29 is 9.13 Å². The number of hydrogen-bond donors (Lipinski definition) is 0. The molecular weight excluding hydrogens is 430 g/mol. The highest BCUT2D eigenvalue weighted by Crippen LogP contribution is 2.20. The zero-order valence-corrected chi connectivity index (χ0v) is 20.2. The molecule has 0 atom stereocenters. The fourth-order valence-electron chi connectivity index (χ4n) is 3.37. The molecule has 2 aromatic carbocycles. The summed E-state index contributed by atoms with van der Waals surface area (Å²) in [5.41, 5.74) is 4.97. The number of benzene rings is 2. The molecule has 0 aliphatic rings. The average Bonchev–Trinajstić information content (AvgIpc) is 3.24. The van der Waals surface area contributed by atoms with Gasteiger partial charge in [0.05, 0.1) is 5.38 Å². The Balaban J connectivity index is 1.28. The van der Waals surface area contributed by atoms with Crippen molar-refractivity contribution in [3.63, 3.8) is 0 Å². The van der Waals surface area contributed by atoms with E-state index in [4.69, 9.17) is 0 Å². The normalized spacial score (nSPS) is 11.2.